The number of para-hydroxylation sites is 2. The molecule has 0 bridgehead atoms. The minimum atomic E-state index is -4.70. The molecule has 1 amide bonds. The molecule has 0 aliphatic rings. The van der Waals surface area contributed by atoms with Crippen molar-refractivity contribution in [1.82, 2.24) is 9.55 Å². The highest BCUT2D eigenvalue weighted by Crippen LogP contribution is 2.38. The summed E-state index contributed by atoms with van der Waals surface area (Å²) in [5.41, 5.74) is 4.41. The van der Waals surface area contributed by atoms with Crippen molar-refractivity contribution in [2.45, 2.75) is 16.6 Å². The zero-order chi connectivity index (χ0) is 22.9. The number of carbonyl (C=O) groups is 1. The highest BCUT2D eigenvalue weighted by molar-refractivity contribution is 8.00. The zero-order valence-corrected chi connectivity index (χ0v) is 17.2. The van der Waals surface area contributed by atoms with Crippen LogP contribution in [0.4, 0.5) is 13.2 Å². The van der Waals surface area contributed by atoms with E-state index >= 15 is 0 Å². The number of halogens is 3. The predicted molar refractivity (Wildman–Crippen MR) is 117 cm³/mol. The summed E-state index contributed by atoms with van der Waals surface area (Å²) in [5, 5.41) is -0.879. The zero-order valence-electron chi connectivity index (χ0n) is 16.4. The van der Waals surface area contributed by atoms with E-state index in [1.165, 1.54) is 24.3 Å². The second-order valence-electron chi connectivity index (χ2n) is 6.88. The van der Waals surface area contributed by atoms with Crippen molar-refractivity contribution in [3.8, 4) is 5.69 Å². The minimum absolute atomic E-state index is 0.0712. The molecule has 5 nitrogen and oxygen atoms in total. The lowest BCUT2D eigenvalue weighted by molar-refractivity contribution is -0.137. The maximum absolute atomic E-state index is 13.8. The molecule has 0 unspecified atom stereocenters. The Morgan fingerprint density at radius 2 is 1.56 bits per heavy atom. The monoisotopic (exact) mass is 455 g/mol. The molecule has 0 fully saturated rings. The number of fused-ring (bicyclic) bond motifs is 1. The summed E-state index contributed by atoms with van der Waals surface area (Å²) in [5.74, 6) is -0.709. The Hall–Kier alpha value is -3.59. The van der Waals surface area contributed by atoms with E-state index in [2.05, 4.69) is 4.98 Å². The molecule has 2 N–H and O–H groups in total. The van der Waals surface area contributed by atoms with E-state index in [-0.39, 0.29) is 16.2 Å². The van der Waals surface area contributed by atoms with Crippen molar-refractivity contribution in [2.75, 3.05) is 0 Å². The molecule has 3 aromatic carbocycles. The first-order valence-electron chi connectivity index (χ1n) is 9.46. The topological polar surface area (TPSA) is 78.0 Å². The number of aromatic nitrogens is 2. The van der Waals surface area contributed by atoms with Gasteiger partial charge in [0.15, 0.2) is 5.16 Å². The third-order valence-electron chi connectivity index (χ3n) is 4.78. The van der Waals surface area contributed by atoms with Crippen molar-refractivity contribution in [3.05, 3.63) is 100 Å². The number of nitrogens with zero attached hydrogens (tertiary/aromatic N) is 2. The smallest absolute Gasteiger partial charge is 0.368 e. The first-order valence-corrected chi connectivity index (χ1v) is 10.3. The molecule has 0 saturated carbocycles. The van der Waals surface area contributed by atoms with Crippen LogP contribution in [0.1, 0.15) is 16.4 Å². The Labute approximate surface area is 184 Å². The second-order valence-corrected chi connectivity index (χ2v) is 7.95. The van der Waals surface area contributed by atoms with Gasteiger partial charge in [-0.25, -0.2) is 4.98 Å². The average molecular weight is 455 g/mol. The number of nitrogens with two attached hydrogens (primary N) is 1. The summed E-state index contributed by atoms with van der Waals surface area (Å²) in [6.07, 6.45) is -4.70. The van der Waals surface area contributed by atoms with E-state index < -0.39 is 28.5 Å². The molecule has 1 heterocycles. The predicted octanol–water partition coefficient (Wildman–Crippen LogP) is 4.72. The lowest BCUT2D eigenvalue weighted by atomic mass is 10.1. The summed E-state index contributed by atoms with van der Waals surface area (Å²) < 4.78 is 42.1. The van der Waals surface area contributed by atoms with Crippen LogP contribution < -0.4 is 11.3 Å². The highest BCUT2D eigenvalue weighted by Gasteiger charge is 2.35. The number of rotatable bonds is 5. The average Bonchev–Trinajstić information content (AvgIpc) is 2.77. The number of carbonyl (C=O) groups excluding carboxylic acids is 1. The molecule has 0 aliphatic heterocycles. The Morgan fingerprint density at radius 3 is 2.25 bits per heavy atom. The van der Waals surface area contributed by atoms with Crippen molar-refractivity contribution >= 4 is 28.6 Å². The fourth-order valence-electron chi connectivity index (χ4n) is 3.34. The van der Waals surface area contributed by atoms with Gasteiger partial charge in [-0.1, -0.05) is 66.4 Å². The standard InChI is InChI=1S/C23H16F3N3O2S/c24-23(25,26)16-11-5-7-13-18(16)29-21(31)15-10-4-6-12-17(15)28-22(29)32-19(20(27)30)14-8-2-1-3-9-14/h1-13,19H,(H2,27,30)/t19-/m1/s1. The lowest BCUT2D eigenvalue weighted by Crippen LogP contribution is -2.26. The highest BCUT2D eigenvalue weighted by atomic mass is 32.2. The van der Waals surface area contributed by atoms with Crippen molar-refractivity contribution in [2.24, 2.45) is 5.73 Å². The molecular weight excluding hydrogens is 439 g/mol. The van der Waals surface area contributed by atoms with Gasteiger partial charge >= 0.3 is 6.18 Å². The van der Waals surface area contributed by atoms with Gasteiger partial charge in [0, 0.05) is 0 Å². The van der Waals surface area contributed by atoms with Crippen LogP contribution in [0.25, 0.3) is 16.6 Å². The van der Waals surface area contributed by atoms with Gasteiger partial charge in [0.1, 0.15) is 5.25 Å². The van der Waals surface area contributed by atoms with Crippen molar-refractivity contribution in [1.29, 1.82) is 0 Å². The van der Waals surface area contributed by atoms with Gasteiger partial charge in [-0.3, -0.25) is 14.2 Å². The SMILES string of the molecule is NC(=O)[C@H](Sc1nc2ccccc2c(=O)n1-c1ccccc1C(F)(F)F)c1ccccc1. The quantitative estimate of drug-likeness (QED) is 0.349. The number of hydrogen-bond acceptors (Lipinski definition) is 4. The first-order chi connectivity index (χ1) is 15.3. The lowest BCUT2D eigenvalue weighted by Gasteiger charge is -2.20. The molecule has 1 aromatic heterocycles. The van der Waals surface area contributed by atoms with Crippen molar-refractivity contribution < 1.29 is 18.0 Å². The first kappa shape index (κ1) is 21.6. The molecule has 1 atom stereocenters. The van der Waals surface area contributed by atoms with Crippen LogP contribution in [0.2, 0.25) is 0 Å². The van der Waals surface area contributed by atoms with Crippen LogP contribution in [0.15, 0.2) is 88.8 Å². The van der Waals surface area contributed by atoms with E-state index in [1.807, 2.05) is 0 Å². The van der Waals surface area contributed by atoms with E-state index in [4.69, 9.17) is 5.73 Å². The normalized spacial score (nSPS) is 12.6. The third-order valence-corrected chi connectivity index (χ3v) is 6.00. The molecule has 162 valence electrons. The minimum Gasteiger partial charge on any atom is -0.368 e. The van der Waals surface area contributed by atoms with Gasteiger partial charge in [0.25, 0.3) is 5.56 Å². The van der Waals surface area contributed by atoms with Crippen LogP contribution in [-0.2, 0) is 11.0 Å². The maximum atomic E-state index is 13.8. The number of primary amides is 1. The van der Waals surface area contributed by atoms with Crippen LogP contribution in [-0.4, -0.2) is 15.5 Å². The van der Waals surface area contributed by atoms with Gasteiger partial charge in [-0.05, 0) is 29.8 Å². The number of benzene rings is 3. The Kier molecular flexibility index (Phi) is 5.75. The van der Waals surface area contributed by atoms with E-state index in [0.717, 1.165) is 22.4 Å². The molecule has 0 spiro atoms. The number of thioether (sulfide) groups is 1. The second kappa shape index (κ2) is 8.51. The van der Waals surface area contributed by atoms with Crippen LogP contribution >= 0.6 is 11.8 Å². The van der Waals surface area contributed by atoms with Crippen LogP contribution in [0.3, 0.4) is 0 Å². The summed E-state index contributed by atoms with van der Waals surface area (Å²) in [4.78, 5) is 30.0. The Bertz CT molecular complexity index is 1350. The summed E-state index contributed by atoms with van der Waals surface area (Å²) in [7, 11) is 0. The molecule has 9 heteroatoms. The fourth-order valence-corrected chi connectivity index (χ4v) is 4.39. The van der Waals surface area contributed by atoms with E-state index in [0.29, 0.717) is 11.1 Å². The van der Waals surface area contributed by atoms with Gasteiger partial charge in [0.05, 0.1) is 22.2 Å². The molecule has 0 aliphatic carbocycles. The largest absolute Gasteiger partial charge is 0.418 e. The molecule has 0 saturated heterocycles. The number of alkyl halides is 3. The summed E-state index contributed by atoms with van der Waals surface area (Å²) in [6, 6.07) is 19.6. The van der Waals surface area contributed by atoms with Crippen LogP contribution in [0, 0.1) is 0 Å². The molecular formula is C23H16F3N3O2S. The molecule has 32 heavy (non-hydrogen) atoms. The Balaban J connectivity index is 2.00. The summed E-state index contributed by atoms with van der Waals surface area (Å²) >= 11 is 0.830. The van der Waals surface area contributed by atoms with Gasteiger partial charge in [0.2, 0.25) is 5.91 Å². The van der Waals surface area contributed by atoms with Crippen LogP contribution in [0.5, 0.6) is 0 Å². The molecule has 4 rings (SSSR count). The Morgan fingerprint density at radius 1 is 0.938 bits per heavy atom. The van der Waals surface area contributed by atoms with E-state index in [9.17, 15) is 22.8 Å². The van der Waals surface area contributed by atoms with E-state index in [1.54, 1.807) is 48.5 Å². The number of hydrogen-bond donors (Lipinski definition) is 1. The fraction of sp³-hybridized carbons (Fsp3) is 0.0870. The summed E-state index contributed by atoms with van der Waals surface area (Å²) in [6.45, 7) is 0. The van der Waals surface area contributed by atoms with Gasteiger partial charge in [-0.2, -0.15) is 13.2 Å². The maximum Gasteiger partial charge on any atom is 0.418 e. The number of amides is 1. The van der Waals surface area contributed by atoms with Gasteiger partial charge in [-0.15, -0.1) is 0 Å². The molecule has 0 radical (unpaired) electrons. The third kappa shape index (κ3) is 4.11. The molecule has 4 aromatic rings. The van der Waals surface area contributed by atoms with Crippen molar-refractivity contribution in [3.63, 3.8) is 0 Å². The van der Waals surface area contributed by atoms with Gasteiger partial charge < -0.3 is 5.73 Å².